The van der Waals surface area contributed by atoms with Crippen molar-refractivity contribution in [2.75, 3.05) is 26.7 Å². The van der Waals surface area contributed by atoms with Crippen molar-refractivity contribution in [1.29, 1.82) is 0 Å². The van der Waals surface area contributed by atoms with Gasteiger partial charge in [-0.05, 0) is 63.2 Å². The molecule has 2 N–H and O–H groups in total. The van der Waals surface area contributed by atoms with E-state index in [0.29, 0.717) is 18.3 Å². The number of rotatable bonds is 6. The maximum atomic E-state index is 11.5. The van der Waals surface area contributed by atoms with Crippen molar-refractivity contribution in [3.63, 3.8) is 0 Å². The molecule has 1 saturated heterocycles. The maximum absolute atomic E-state index is 11.5. The third kappa shape index (κ3) is 3.92. The van der Waals surface area contributed by atoms with Gasteiger partial charge in [-0.3, -0.25) is 0 Å². The molecule has 19 heavy (non-hydrogen) atoms. The first-order chi connectivity index (χ1) is 9.12. The van der Waals surface area contributed by atoms with E-state index in [-0.39, 0.29) is 4.90 Å². The second-order valence-electron chi connectivity index (χ2n) is 4.67. The van der Waals surface area contributed by atoms with Crippen LogP contribution in [0, 0.1) is 5.92 Å². The van der Waals surface area contributed by atoms with Gasteiger partial charge in [0.05, 0.1) is 11.5 Å². The number of benzene rings is 1. The van der Waals surface area contributed by atoms with Gasteiger partial charge in [-0.1, -0.05) is 0 Å². The van der Waals surface area contributed by atoms with E-state index in [4.69, 9.17) is 4.74 Å². The molecule has 0 saturated carbocycles. The Morgan fingerprint density at radius 3 is 2.68 bits per heavy atom. The zero-order chi connectivity index (χ0) is 13.7. The molecule has 6 heteroatoms. The third-order valence-corrected chi connectivity index (χ3v) is 4.79. The molecule has 1 aromatic carbocycles. The third-order valence-electron chi connectivity index (χ3n) is 3.36. The first-order valence-corrected chi connectivity index (χ1v) is 7.97. The molecule has 1 aliphatic rings. The molecule has 1 heterocycles. The highest BCUT2D eigenvalue weighted by atomic mass is 32.2. The second kappa shape index (κ2) is 6.36. The van der Waals surface area contributed by atoms with Crippen molar-refractivity contribution >= 4 is 10.0 Å². The summed E-state index contributed by atoms with van der Waals surface area (Å²) in [5.41, 5.74) is 0. The fourth-order valence-electron chi connectivity index (χ4n) is 2.14. The van der Waals surface area contributed by atoms with Crippen molar-refractivity contribution in [2.45, 2.75) is 17.7 Å². The van der Waals surface area contributed by atoms with E-state index in [2.05, 4.69) is 10.0 Å². The van der Waals surface area contributed by atoms with Gasteiger partial charge in [0.15, 0.2) is 0 Å². The van der Waals surface area contributed by atoms with Crippen LogP contribution < -0.4 is 14.8 Å². The van der Waals surface area contributed by atoms with Crippen LogP contribution in [-0.4, -0.2) is 35.2 Å². The van der Waals surface area contributed by atoms with Crippen LogP contribution in [0.5, 0.6) is 5.75 Å². The summed E-state index contributed by atoms with van der Waals surface area (Å²) in [7, 11) is -1.96. The van der Waals surface area contributed by atoms with E-state index >= 15 is 0 Å². The Morgan fingerprint density at radius 2 is 2.11 bits per heavy atom. The largest absolute Gasteiger partial charge is 0.494 e. The second-order valence-corrected chi connectivity index (χ2v) is 6.56. The molecule has 2 rings (SSSR count). The molecule has 0 bridgehead atoms. The molecular formula is C13H20N2O3S. The zero-order valence-electron chi connectivity index (χ0n) is 11.1. The van der Waals surface area contributed by atoms with Crippen LogP contribution in [0.1, 0.15) is 12.8 Å². The lowest BCUT2D eigenvalue weighted by Gasteiger charge is -2.10. The van der Waals surface area contributed by atoms with Gasteiger partial charge in [0.1, 0.15) is 5.75 Å². The van der Waals surface area contributed by atoms with Gasteiger partial charge in [-0.2, -0.15) is 0 Å². The van der Waals surface area contributed by atoms with E-state index in [1.54, 1.807) is 24.3 Å². The number of ether oxygens (including phenoxy) is 1. The topological polar surface area (TPSA) is 67.4 Å². The number of hydrogen-bond donors (Lipinski definition) is 2. The summed E-state index contributed by atoms with van der Waals surface area (Å²) < 4.78 is 31.0. The normalized spacial score (nSPS) is 19.5. The van der Waals surface area contributed by atoms with Crippen molar-refractivity contribution in [3.8, 4) is 5.75 Å². The van der Waals surface area contributed by atoms with Crippen LogP contribution in [0.25, 0.3) is 0 Å². The van der Waals surface area contributed by atoms with Crippen LogP contribution in [0.15, 0.2) is 29.2 Å². The summed E-state index contributed by atoms with van der Waals surface area (Å²) in [5, 5.41) is 3.32. The average Bonchev–Trinajstić information content (AvgIpc) is 2.92. The molecule has 1 aliphatic heterocycles. The van der Waals surface area contributed by atoms with E-state index in [1.807, 2.05) is 0 Å². The van der Waals surface area contributed by atoms with Crippen molar-refractivity contribution in [2.24, 2.45) is 5.92 Å². The molecule has 1 fully saturated rings. The monoisotopic (exact) mass is 284 g/mol. The lowest BCUT2D eigenvalue weighted by atomic mass is 10.1. The van der Waals surface area contributed by atoms with Crippen molar-refractivity contribution in [1.82, 2.24) is 10.0 Å². The minimum Gasteiger partial charge on any atom is -0.494 e. The number of hydrogen-bond acceptors (Lipinski definition) is 4. The highest BCUT2D eigenvalue weighted by molar-refractivity contribution is 7.89. The molecule has 0 aliphatic carbocycles. The highest BCUT2D eigenvalue weighted by Gasteiger charge is 2.14. The summed E-state index contributed by atoms with van der Waals surface area (Å²) in [5.74, 6) is 1.41. The Balaban J connectivity index is 1.85. The van der Waals surface area contributed by atoms with Gasteiger partial charge in [-0.25, -0.2) is 13.1 Å². The van der Waals surface area contributed by atoms with Crippen molar-refractivity contribution < 1.29 is 13.2 Å². The summed E-state index contributed by atoms with van der Waals surface area (Å²) in [6, 6.07) is 6.49. The van der Waals surface area contributed by atoms with E-state index in [1.165, 1.54) is 13.5 Å². The van der Waals surface area contributed by atoms with Crippen LogP contribution in [0.3, 0.4) is 0 Å². The molecule has 0 spiro atoms. The fourth-order valence-corrected chi connectivity index (χ4v) is 2.87. The van der Waals surface area contributed by atoms with Gasteiger partial charge in [-0.15, -0.1) is 0 Å². The first-order valence-electron chi connectivity index (χ1n) is 6.49. The molecule has 1 unspecified atom stereocenters. The SMILES string of the molecule is CNS(=O)(=O)c1ccc(OCCC2CCNC2)cc1. The van der Waals surface area contributed by atoms with Crippen LogP contribution in [0.2, 0.25) is 0 Å². The zero-order valence-corrected chi connectivity index (χ0v) is 11.9. The number of sulfonamides is 1. The standard InChI is InChI=1S/C13H20N2O3S/c1-14-19(16,17)13-4-2-12(3-5-13)18-9-7-11-6-8-15-10-11/h2-5,11,14-15H,6-10H2,1H3. The van der Waals surface area contributed by atoms with Crippen LogP contribution >= 0.6 is 0 Å². The first kappa shape index (κ1) is 14.3. The summed E-state index contributed by atoms with van der Waals surface area (Å²) in [6.07, 6.45) is 2.24. The maximum Gasteiger partial charge on any atom is 0.240 e. The molecule has 106 valence electrons. The Morgan fingerprint density at radius 1 is 1.37 bits per heavy atom. The minimum atomic E-state index is -3.36. The molecule has 1 atom stereocenters. The minimum absolute atomic E-state index is 0.252. The average molecular weight is 284 g/mol. The molecule has 0 radical (unpaired) electrons. The molecular weight excluding hydrogens is 264 g/mol. The predicted octanol–water partition coefficient (Wildman–Crippen LogP) is 0.973. The van der Waals surface area contributed by atoms with E-state index in [9.17, 15) is 8.42 Å². The Kier molecular flexibility index (Phi) is 4.79. The van der Waals surface area contributed by atoms with Crippen molar-refractivity contribution in [3.05, 3.63) is 24.3 Å². The van der Waals surface area contributed by atoms with Crippen LogP contribution in [-0.2, 0) is 10.0 Å². The van der Waals surface area contributed by atoms with Gasteiger partial charge in [0, 0.05) is 0 Å². The molecule has 0 aromatic heterocycles. The fraction of sp³-hybridized carbons (Fsp3) is 0.538. The van der Waals surface area contributed by atoms with Crippen LogP contribution in [0.4, 0.5) is 0 Å². The van der Waals surface area contributed by atoms with E-state index in [0.717, 1.165) is 19.5 Å². The Hall–Kier alpha value is -1.11. The molecule has 1 aromatic rings. The lowest BCUT2D eigenvalue weighted by molar-refractivity contribution is 0.283. The Bertz CT molecular complexity index is 493. The van der Waals surface area contributed by atoms with Gasteiger partial charge in [0.25, 0.3) is 0 Å². The quantitative estimate of drug-likeness (QED) is 0.817. The summed E-state index contributed by atoms with van der Waals surface area (Å²) in [6.45, 7) is 2.84. The number of nitrogens with one attached hydrogen (secondary N) is 2. The van der Waals surface area contributed by atoms with Gasteiger partial charge in [0.2, 0.25) is 10.0 Å². The highest BCUT2D eigenvalue weighted by Crippen LogP contribution is 2.17. The summed E-state index contributed by atoms with van der Waals surface area (Å²) in [4.78, 5) is 0.252. The van der Waals surface area contributed by atoms with Gasteiger partial charge < -0.3 is 10.1 Å². The summed E-state index contributed by atoms with van der Waals surface area (Å²) >= 11 is 0. The Labute approximate surface area is 114 Å². The molecule has 5 nitrogen and oxygen atoms in total. The lowest BCUT2D eigenvalue weighted by Crippen LogP contribution is -2.18. The van der Waals surface area contributed by atoms with Gasteiger partial charge >= 0.3 is 0 Å². The predicted molar refractivity (Wildman–Crippen MR) is 73.8 cm³/mol. The van der Waals surface area contributed by atoms with E-state index < -0.39 is 10.0 Å². The molecule has 0 amide bonds. The smallest absolute Gasteiger partial charge is 0.240 e.